The molecule has 1 amide bonds. The predicted octanol–water partition coefficient (Wildman–Crippen LogP) is 4.72. The zero-order chi connectivity index (χ0) is 21.2. The van der Waals surface area contributed by atoms with Gasteiger partial charge < -0.3 is 4.57 Å². The van der Waals surface area contributed by atoms with Gasteiger partial charge in [-0.2, -0.15) is 0 Å². The second-order valence-corrected chi connectivity index (χ2v) is 10.3. The summed E-state index contributed by atoms with van der Waals surface area (Å²) in [5, 5.41) is 22.5. The summed E-state index contributed by atoms with van der Waals surface area (Å²) < 4.78 is 2.03. The molecule has 31 heavy (non-hydrogen) atoms. The van der Waals surface area contributed by atoms with Crippen LogP contribution >= 0.6 is 23.1 Å². The number of amides is 1. The summed E-state index contributed by atoms with van der Waals surface area (Å²) in [6.45, 7) is 0. The number of nitrogens with zero attached hydrogens (tertiary/aromatic N) is 5. The summed E-state index contributed by atoms with van der Waals surface area (Å²) in [5.74, 6) is 2.61. The van der Waals surface area contributed by atoms with E-state index in [0.29, 0.717) is 22.9 Å². The van der Waals surface area contributed by atoms with Crippen LogP contribution in [0.15, 0.2) is 35.5 Å². The molecule has 9 heteroatoms. The zero-order valence-corrected chi connectivity index (χ0v) is 19.2. The molecule has 0 radical (unpaired) electrons. The molecular formula is C22H26N6OS2. The van der Waals surface area contributed by atoms with Gasteiger partial charge in [0.05, 0.1) is 5.75 Å². The van der Waals surface area contributed by atoms with E-state index in [2.05, 4.69) is 50.0 Å². The van der Waals surface area contributed by atoms with Gasteiger partial charge in [0.15, 0.2) is 5.16 Å². The lowest BCUT2D eigenvalue weighted by molar-refractivity contribution is -0.113. The first-order valence-electron chi connectivity index (χ1n) is 10.9. The normalized spacial score (nSPS) is 21.2. The summed E-state index contributed by atoms with van der Waals surface area (Å²) in [6, 6.07) is 10.6. The number of rotatable bonds is 7. The lowest BCUT2D eigenvalue weighted by Gasteiger charge is -2.18. The minimum atomic E-state index is -0.0884. The van der Waals surface area contributed by atoms with E-state index in [9.17, 15) is 4.79 Å². The van der Waals surface area contributed by atoms with Gasteiger partial charge in [-0.15, -0.1) is 20.4 Å². The van der Waals surface area contributed by atoms with Crippen LogP contribution in [-0.4, -0.2) is 36.6 Å². The number of hydrogen-bond donors (Lipinski definition) is 1. The molecule has 0 saturated heterocycles. The Kier molecular flexibility index (Phi) is 6.04. The molecular weight excluding hydrogens is 428 g/mol. The Morgan fingerprint density at radius 1 is 1.10 bits per heavy atom. The second-order valence-electron chi connectivity index (χ2n) is 8.38. The minimum Gasteiger partial charge on any atom is -0.309 e. The lowest BCUT2D eigenvalue weighted by atomic mass is 9.90. The van der Waals surface area contributed by atoms with E-state index >= 15 is 0 Å². The van der Waals surface area contributed by atoms with Crippen LogP contribution in [-0.2, 0) is 11.8 Å². The summed E-state index contributed by atoms with van der Waals surface area (Å²) in [4.78, 5) is 12.4. The maximum absolute atomic E-state index is 12.4. The van der Waals surface area contributed by atoms with Crippen molar-refractivity contribution < 1.29 is 4.79 Å². The molecule has 2 aliphatic rings. The highest BCUT2D eigenvalue weighted by Gasteiger charge is 2.42. The van der Waals surface area contributed by atoms with E-state index in [-0.39, 0.29) is 11.7 Å². The smallest absolute Gasteiger partial charge is 0.236 e. The van der Waals surface area contributed by atoms with Gasteiger partial charge >= 0.3 is 0 Å². The number of hydrogen-bond acceptors (Lipinski definition) is 7. The molecule has 2 saturated carbocycles. The van der Waals surface area contributed by atoms with Crippen LogP contribution in [0.2, 0.25) is 0 Å². The van der Waals surface area contributed by atoms with Crippen molar-refractivity contribution in [3.05, 3.63) is 46.7 Å². The third-order valence-corrected chi connectivity index (χ3v) is 8.21. The fourth-order valence-corrected chi connectivity index (χ4v) is 6.06. The number of nitrogens with one attached hydrogen (secondary N) is 1. The van der Waals surface area contributed by atoms with Crippen LogP contribution in [0, 0.1) is 0 Å². The van der Waals surface area contributed by atoms with Crippen molar-refractivity contribution in [2.75, 3.05) is 11.1 Å². The number of thioether (sulfide) groups is 1. The summed E-state index contributed by atoms with van der Waals surface area (Å²) in [6.07, 6.45) is 7.29. The van der Waals surface area contributed by atoms with Crippen LogP contribution in [0.4, 0.5) is 5.13 Å². The fourth-order valence-electron chi connectivity index (χ4n) is 4.41. The van der Waals surface area contributed by atoms with Crippen molar-refractivity contribution in [2.45, 2.75) is 61.4 Å². The van der Waals surface area contributed by atoms with Gasteiger partial charge in [-0.1, -0.05) is 72.7 Å². The number of carbonyl (C=O) groups excluding carboxylic acids is 1. The molecule has 2 aliphatic carbocycles. The molecule has 3 aromatic rings. The maximum atomic E-state index is 12.4. The van der Waals surface area contributed by atoms with Crippen molar-refractivity contribution in [1.29, 1.82) is 0 Å². The van der Waals surface area contributed by atoms with Gasteiger partial charge in [-0.05, 0) is 30.7 Å². The van der Waals surface area contributed by atoms with E-state index in [4.69, 9.17) is 0 Å². The van der Waals surface area contributed by atoms with E-state index in [1.807, 2.05) is 17.7 Å². The van der Waals surface area contributed by atoms with Crippen LogP contribution in [0.3, 0.4) is 0 Å². The summed E-state index contributed by atoms with van der Waals surface area (Å²) >= 11 is 2.92. The summed E-state index contributed by atoms with van der Waals surface area (Å²) in [5.41, 5.74) is 1.36. The third-order valence-electron chi connectivity index (χ3n) is 6.19. The van der Waals surface area contributed by atoms with Crippen molar-refractivity contribution >= 4 is 34.1 Å². The van der Waals surface area contributed by atoms with Gasteiger partial charge in [-0.3, -0.25) is 10.1 Å². The Bertz CT molecular complexity index is 1040. The quantitative estimate of drug-likeness (QED) is 0.520. The molecule has 2 fully saturated rings. The summed E-state index contributed by atoms with van der Waals surface area (Å²) in [7, 11) is 1.98. The molecule has 0 spiro atoms. The van der Waals surface area contributed by atoms with Crippen LogP contribution in [0.5, 0.6) is 0 Å². The highest BCUT2D eigenvalue weighted by molar-refractivity contribution is 7.99. The minimum absolute atomic E-state index is 0.0884. The van der Waals surface area contributed by atoms with Gasteiger partial charge in [0.2, 0.25) is 11.0 Å². The SMILES string of the molecule is Cn1c(SCC(=O)Nc2nnc(C3CCCCC3)s2)nnc1[C@@H]1C[C@H]1c1ccccc1. The van der Waals surface area contributed by atoms with Crippen molar-refractivity contribution in [3.63, 3.8) is 0 Å². The van der Waals surface area contributed by atoms with Crippen LogP contribution in [0.1, 0.15) is 72.7 Å². The van der Waals surface area contributed by atoms with Crippen molar-refractivity contribution in [2.24, 2.45) is 7.05 Å². The van der Waals surface area contributed by atoms with Gasteiger partial charge in [-0.25, -0.2) is 0 Å². The lowest BCUT2D eigenvalue weighted by Crippen LogP contribution is -2.14. The van der Waals surface area contributed by atoms with E-state index in [1.54, 1.807) is 0 Å². The molecule has 1 aromatic carbocycles. The predicted molar refractivity (Wildman–Crippen MR) is 123 cm³/mol. The molecule has 0 bridgehead atoms. The standard InChI is InChI=1S/C22H26N6OS2/c1-28-19(17-12-16(17)14-8-4-2-5-9-14)24-27-22(28)30-13-18(29)23-21-26-25-20(31-21)15-10-6-3-7-11-15/h2,4-5,8-9,15-17H,3,6-7,10-13H2,1H3,(H,23,26,29)/t16-,17+/m0/s1. The van der Waals surface area contributed by atoms with E-state index < -0.39 is 0 Å². The molecule has 2 aromatic heterocycles. The first kappa shape index (κ1) is 20.6. The fraction of sp³-hybridized carbons (Fsp3) is 0.500. The first-order valence-corrected chi connectivity index (χ1v) is 12.7. The third kappa shape index (κ3) is 4.67. The largest absolute Gasteiger partial charge is 0.309 e. The molecule has 0 unspecified atom stereocenters. The zero-order valence-electron chi connectivity index (χ0n) is 17.5. The molecule has 5 rings (SSSR count). The Morgan fingerprint density at radius 2 is 1.90 bits per heavy atom. The van der Waals surface area contributed by atoms with Gasteiger partial charge in [0, 0.05) is 18.9 Å². The Balaban J connectivity index is 1.14. The highest BCUT2D eigenvalue weighted by atomic mass is 32.2. The van der Waals surface area contributed by atoms with Gasteiger partial charge in [0.1, 0.15) is 10.8 Å². The first-order chi connectivity index (χ1) is 15.2. The topological polar surface area (TPSA) is 85.6 Å². The number of anilines is 1. The molecule has 0 aliphatic heterocycles. The van der Waals surface area contributed by atoms with Crippen LogP contribution in [0.25, 0.3) is 0 Å². The average molecular weight is 455 g/mol. The average Bonchev–Trinajstić information content (AvgIpc) is 3.31. The Hall–Kier alpha value is -2.26. The Labute approximate surface area is 190 Å². The number of aromatic nitrogens is 5. The molecule has 7 nitrogen and oxygen atoms in total. The monoisotopic (exact) mass is 454 g/mol. The van der Waals surface area contributed by atoms with E-state index in [1.165, 1.54) is 60.8 Å². The maximum Gasteiger partial charge on any atom is 0.236 e. The van der Waals surface area contributed by atoms with Crippen molar-refractivity contribution in [3.8, 4) is 0 Å². The van der Waals surface area contributed by atoms with E-state index in [0.717, 1.165) is 22.4 Å². The molecule has 2 heterocycles. The van der Waals surface area contributed by atoms with Crippen molar-refractivity contribution in [1.82, 2.24) is 25.0 Å². The van der Waals surface area contributed by atoms with Crippen LogP contribution < -0.4 is 5.32 Å². The Morgan fingerprint density at radius 3 is 2.71 bits per heavy atom. The molecule has 2 atom stereocenters. The number of carbonyl (C=O) groups is 1. The number of benzene rings is 1. The second kappa shape index (κ2) is 9.08. The van der Waals surface area contributed by atoms with Gasteiger partial charge in [0.25, 0.3) is 0 Å². The molecule has 1 N–H and O–H groups in total. The highest BCUT2D eigenvalue weighted by Crippen LogP contribution is 2.54. The molecule has 162 valence electrons.